The summed E-state index contributed by atoms with van der Waals surface area (Å²) < 4.78 is 63.4. The molecule has 1 aromatic carbocycles. The predicted octanol–water partition coefficient (Wildman–Crippen LogP) is 1.36. The quantitative estimate of drug-likeness (QED) is 0.594. The lowest BCUT2D eigenvalue weighted by atomic mass is 10.1. The van der Waals surface area contributed by atoms with Gasteiger partial charge >= 0.3 is 6.18 Å². The molecule has 2 atom stereocenters. The summed E-state index contributed by atoms with van der Waals surface area (Å²) >= 11 is 6.32. The summed E-state index contributed by atoms with van der Waals surface area (Å²) in [7, 11) is -3.85. The summed E-state index contributed by atoms with van der Waals surface area (Å²) in [5.41, 5.74) is -4.15. The Kier molecular flexibility index (Phi) is 6.77. The van der Waals surface area contributed by atoms with Gasteiger partial charge in [-0.25, -0.2) is 8.42 Å². The lowest BCUT2D eigenvalue weighted by Gasteiger charge is -2.38. The van der Waals surface area contributed by atoms with Crippen molar-refractivity contribution in [3.63, 3.8) is 0 Å². The van der Waals surface area contributed by atoms with Gasteiger partial charge in [0.05, 0.1) is 27.3 Å². The van der Waals surface area contributed by atoms with Crippen molar-refractivity contribution in [3.8, 4) is 0 Å². The molecule has 3 N–H and O–H groups in total. The highest BCUT2D eigenvalue weighted by Crippen LogP contribution is 2.41. The van der Waals surface area contributed by atoms with Crippen LogP contribution in [-0.2, 0) is 19.4 Å². The van der Waals surface area contributed by atoms with Crippen molar-refractivity contribution < 1.29 is 36.3 Å². The number of Topliss-reactive ketones (excluding diaryl/α,β-unsaturated/α-hetero) is 1. The maximum absolute atomic E-state index is 12.9. The highest BCUT2D eigenvalue weighted by Gasteiger charge is 2.56. The zero-order valence-electron chi connectivity index (χ0n) is 16.3. The number of hydrogen-bond acceptors (Lipinski definition) is 7. The second kappa shape index (κ2) is 8.33. The van der Waals surface area contributed by atoms with Crippen molar-refractivity contribution >= 4 is 44.5 Å². The third kappa shape index (κ3) is 4.71. The molecular weight excluding hydrogens is 451 g/mol. The van der Waals surface area contributed by atoms with Crippen LogP contribution in [0.15, 0.2) is 17.0 Å². The Bertz CT molecular complexity index is 966. The molecule has 1 saturated heterocycles. The molecule has 0 radical (unpaired) electrons. The number of nitrogens with zero attached hydrogens (tertiary/aromatic N) is 1. The molecular formula is C17H21ClF3N3O5S. The van der Waals surface area contributed by atoms with Crippen LogP contribution in [0.5, 0.6) is 0 Å². The molecule has 0 aliphatic carbocycles. The van der Waals surface area contributed by atoms with E-state index in [0.717, 1.165) is 18.4 Å². The van der Waals surface area contributed by atoms with Gasteiger partial charge in [-0.3, -0.25) is 9.59 Å². The first-order valence-corrected chi connectivity index (χ1v) is 11.0. The van der Waals surface area contributed by atoms with E-state index in [1.165, 1.54) is 11.8 Å². The highest BCUT2D eigenvalue weighted by atomic mass is 35.5. The molecule has 30 heavy (non-hydrogen) atoms. The maximum Gasteiger partial charge on any atom is 0.426 e. The number of anilines is 2. The van der Waals surface area contributed by atoms with Crippen LogP contribution in [0.1, 0.15) is 13.8 Å². The average Bonchev–Trinajstić information content (AvgIpc) is 2.61. The van der Waals surface area contributed by atoms with Crippen LogP contribution in [0.4, 0.5) is 24.5 Å². The SMILES string of the molecule is CC(=O)[C@H]1CNCCN1c1c(S(C)(=O)=O)ccc(NC(=O)[C@@](C)(O)C(F)(F)F)c1Cl. The number of sulfone groups is 1. The van der Waals surface area contributed by atoms with Crippen LogP contribution in [0.25, 0.3) is 0 Å². The average molecular weight is 472 g/mol. The summed E-state index contributed by atoms with van der Waals surface area (Å²) in [6, 6.07) is 1.33. The molecule has 0 bridgehead atoms. The lowest BCUT2D eigenvalue weighted by Crippen LogP contribution is -2.55. The molecule has 8 nitrogen and oxygen atoms in total. The monoisotopic (exact) mass is 471 g/mol. The second-order valence-corrected chi connectivity index (χ2v) is 9.46. The Morgan fingerprint density at radius 2 is 1.93 bits per heavy atom. The molecule has 0 spiro atoms. The van der Waals surface area contributed by atoms with Crippen molar-refractivity contribution in [2.75, 3.05) is 36.1 Å². The Balaban J connectivity index is 2.61. The van der Waals surface area contributed by atoms with E-state index >= 15 is 0 Å². The number of halogens is 4. The van der Waals surface area contributed by atoms with E-state index in [-0.39, 0.29) is 47.1 Å². The number of hydrogen-bond donors (Lipinski definition) is 3. The van der Waals surface area contributed by atoms with Crippen LogP contribution in [-0.4, -0.2) is 68.9 Å². The third-order valence-electron chi connectivity index (χ3n) is 4.72. The summed E-state index contributed by atoms with van der Waals surface area (Å²) in [5.74, 6) is -2.08. The van der Waals surface area contributed by atoms with Crippen LogP contribution < -0.4 is 15.5 Å². The van der Waals surface area contributed by atoms with Gasteiger partial charge < -0.3 is 20.6 Å². The van der Waals surface area contributed by atoms with Crippen LogP contribution in [0.2, 0.25) is 5.02 Å². The van der Waals surface area contributed by atoms with Crippen LogP contribution in [0, 0.1) is 0 Å². The molecule has 1 amide bonds. The van der Waals surface area contributed by atoms with Gasteiger partial charge in [0.1, 0.15) is 0 Å². The van der Waals surface area contributed by atoms with Gasteiger partial charge in [-0.15, -0.1) is 0 Å². The molecule has 1 aliphatic heterocycles. The molecule has 0 aromatic heterocycles. The summed E-state index contributed by atoms with van der Waals surface area (Å²) in [6.07, 6.45) is -4.34. The minimum absolute atomic E-state index is 0.106. The molecule has 1 aromatic rings. The Morgan fingerprint density at radius 3 is 2.43 bits per heavy atom. The standard InChI is InChI=1S/C17H21ClF3N3O5S/c1-9(25)11-8-22-6-7-24(11)14-12(30(3,28)29)5-4-10(13(14)18)23-15(26)16(2,27)17(19,20)21/h4-5,11,22,27H,6-8H2,1-3H3,(H,23,26)/t11-,16-/m1/s1. The van der Waals surface area contributed by atoms with E-state index in [0.29, 0.717) is 6.54 Å². The predicted molar refractivity (Wildman–Crippen MR) is 105 cm³/mol. The van der Waals surface area contributed by atoms with Crippen LogP contribution >= 0.6 is 11.6 Å². The normalized spacial score (nSPS) is 19.9. The maximum atomic E-state index is 12.9. The Morgan fingerprint density at radius 1 is 1.33 bits per heavy atom. The molecule has 1 fully saturated rings. The number of benzene rings is 1. The zero-order valence-corrected chi connectivity index (χ0v) is 17.9. The lowest BCUT2D eigenvalue weighted by molar-refractivity contribution is -0.242. The summed E-state index contributed by atoms with van der Waals surface area (Å²) in [6.45, 7) is 2.37. The van der Waals surface area contributed by atoms with Crippen molar-refractivity contribution in [2.24, 2.45) is 0 Å². The van der Waals surface area contributed by atoms with E-state index in [4.69, 9.17) is 11.6 Å². The minimum atomic E-state index is -5.25. The van der Waals surface area contributed by atoms with Crippen molar-refractivity contribution in [2.45, 2.75) is 36.6 Å². The minimum Gasteiger partial charge on any atom is -0.373 e. The van der Waals surface area contributed by atoms with E-state index < -0.39 is 33.6 Å². The number of rotatable bonds is 5. The fraction of sp³-hybridized carbons (Fsp3) is 0.529. The zero-order chi connectivity index (χ0) is 23.1. The fourth-order valence-corrected chi connectivity index (χ4v) is 4.18. The number of carbonyl (C=O) groups excluding carboxylic acids is 2. The molecule has 0 unspecified atom stereocenters. The van der Waals surface area contributed by atoms with Gasteiger partial charge in [0, 0.05) is 25.9 Å². The summed E-state index contributed by atoms with van der Waals surface area (Å²) in [4.78, 5) is 25.3. The summed E-state index contributed by atoms with van der Waals surface area (Å²) in [5, 5.41) is 14.1. The number of carbonyl (C=O) groups is 2. The first-order valence-electron chi connectivity index (χ1n) is 8.70. The Labute approximate surface area is 176 Å². The molecule has 1 aliphatic rings. The van der Waals surface area contributed by atoms with E-state index in [1.54, 1.807) is 0 Å². The fourth-order valence-electron chi connectivity index (χ4n) is 2.92. The van der Waals surface area contributed by atoms with Crippen molar-refractivity contribution in [1.82, 2.24) is 5.32 Å². The van der Waals surface area contributed by atoms with E-state index in [1.807, 2.05) is 5.32 Å². The van der Waals surface area contributed by atoms with Gasteiger partial charge in [0.25, 0.3) is 5.91 Å². The first kappa shape index (κ1) is 24.4. The topological polar surface area (TPSA) is 116 Å². The van der Waals surface area contributed by atoms with E-state index in [2.05, 4.69) is 5.32 Å². The number of alkyl halides is 3. The number of ketones is 1. The molecule has 168 valence electrons. The number of piperazine rings is 1. The Hall–Kier alpha value is -1.89. The van der Waals surface area contributed by atoms with Gasteiger partial charge in [-0.05, 0) is 26.0 Å². The van der Waals surface area contributed by atoms with Crippen molar-refractivity contribution in [3.05, 3.63) is 17.2 Å². The molecule has 13 heteroatoms. The van der Waals surface area contributed by atoms with Gasteiger partial charge in [0.15, 0.2) is 15.6 Å². The third-order valence-corrected chi connectivity index (χ3v) is 6.23. The first-order chi connectivity index (χ1) is 13.6. The largest absolute Gasteiger partial charge is 0.426 e. The highest BCUT2D eigenvalue weighted by molar-refractivity contribution is 7.90. The van der Waals surface area contributed by atoms with Gasteiger partial charge in [0.2, 0.25) is 5.60 Å². The van der Waals surface area contributed by atoms with Crippen molar-refractivity contribution in [1.29, 1.82) is 0 Å². The van der Waals surface area contributed by atoms with E-state index in [9.17, 15) is 36.3 Å². The number of aliphatic hydroxyl groups is 1. The molecule has 2 rings (SSSR count). The molecule has 1 heterocycles. The van der Waals surface area contributed by atoms with Crippen LogP contribution in [0.3, 0.4) is 0 Å². The second-order valence-electron chi connectivity index (χ2n) is 7.09. The smallest absolute Gasteiger partial charge is 0.373 e. The van der Waals surface area contributed by atoms with Gasteiger partial charge in [-0.2, -0.15) is 13.2 Å². The number of nitrogens with one attached hydrogen (secondary N) is 2. The van der Waals surface area contributed by atoms with Gasteiger partial charge in [-0.1, -0.05) is 11.6 Å². The number of amides is 1. The molecule has 0 saturated carbocycles.